The smallest absolute Gasteiger partial charge is 0.242 e. The van der Waals surface area contributed by atoms with Gasteiger partial charge in [-0.3, -0.25) is 4.79 Å². The quantitative estimate of drug-likeness (QED) is 0.657. The first-order valence-corrected chi connectivity index (χ1v) is 10.6. The summed E-state index contributed by atoms with van der Waals surface area (Å²) in [4.78, 5) is 28.3. The van der Waals surface area contributed by atoms with Gasteiger partial charge in [0, 0.05) is 30.6 Å². The molecule has 4 heterocycles. The molecule has 0 saturated carbocycles. The Morgan fingerprint density at radius 1 is 1.19 bits per heavy atom. The molecule has 0 bridgehead atoms. The van der Waals surface area contributed by atoms with Crippen molar-refractivity contribution in [1.29, 1.82) is 0 Å². The molecule has 1 saturated heterocycles. The fourth-order valence-electron chi connectivity index (χ4n) is 3.70. The van der Waals surface area contributed by atoms with Crippen molar-refractivity contribution in [2.75, 3.05) is 25.0 Å². The number of aryl methyl sites for hydroxylation is 1. The number of pyridine rings is 2. The van der Waals surface area contributed by atoms with Crippen molar-refractivity contribution >= 4 is 17.5 Å². The van der Waals surface area contributed by atoms with Crippen molar-refractivity contribution in [2.45, 2.75) is 39.3 Å². The maximum atomic E-state index is 12.9. The number of amides is 1. The van der Waals surface area contributed by atoms with Gasteiger partial charge in [-0.1, -0.05) is 26.0 Å². The molecule has 1 aliphatic heterocycles. The third-order valence-corrected chi connectivity index (χ3v) is 5.23. The first-order valence-electron chi connectivity index (χ1n) is 10.6. The average molecular weight is 421 g/mol. The maximum absolute atomic E-state index is 12.9. The molecule has 3 aromatic heterocycles. The molecule has 1 N–H and O–H groups in total. The number of hydrogen-bond acceptors (Lipinski definition) is 6. The number of carbonyl (C=O) groups excluding carboxylic acids is 1. The number of hydrogen-bond donors (Lipinski definition) is 1. The van der Waals surface area contributed by atoms with E-state index in [0.29, 0.717) is 25.5 Å². The van der Waals surface area contributed by atoms with Crippen LogP contribution < -0.4 is 5.32 Å². The largest absolute Gasteiger partial charge is 0.368 e. The van der Waals surface area contributed by atoms with Crippen molar-refractivity contribution in [3.8, 4) is 0 Å². The Labute approximate surface area is 182 Å². The Balaban J connectivity index is 1.43. The number of nitrogens with zero attached hydrogens (tertiary/aromatic N) is 5. The topological polar surface area (TPSA) is 85.2 Å². The molecule has 31 heavy (non-hydrogen) atoms. The highest BCUT2D eigenvalue weighted by atomic mass is 16.5. The van der Waals surface area contributed by atoms with Crippen LogP contribution in [0.5, 0.6) is 0 Å². The fraction of sp³-hybridized carbons (Fsp3) is 0.391. The fourth-order valence-corrected chi connectivity index (χ4v) is 3.70. The predicted octanol–water partition coefficient (Wildman–Crippen LogP) is 3.45. The third-order valence-electron chi connectivity index (χ3n) is 5.23. The van der Waals surface area contributed by atoms with Crippen LogP contribution in [-0.4, -0.2) is 50.0 Å². The highest BCUT2D eigenvalue weighted by Gasteiger charge is 2.27. The molecule has 1 fully saturated rings. The van der Waals surface area contributed by atoms with Crippen molar-refractivity contribution < 1.29 is 9.53 Å². The number of morpholine rings is 1. The zero-order valence-corrected chi connectivity index (χ0v) is 18.2. The average Bonchev–Trinajstić information content (AvgIpc) is 3.22. The van der Waals surface area contributed by atoms with Gasteiger partial charge in [0.1, 0.15) is 30.1 Å². The minimum Gasteiger partial charge on any atom is -0.368 e. The van der Waals surface area contributed by atoms with Crippen LogP contribution in [0.3, 0.4) is 0 Å². The van der Waals surface area contributed by atoms with E-state index < -0.39 is 0 Å². The molecule has 0 spiro atoms. The summed E-state index contributed by atoms with van der Waals surface area (Å²) in [6.07, 6.45) is 3.34. The summed E-state index contributed by atoms with van der Waals surface area (Å²) in [5, 5.41) is 3.24. The van der Waals surface area contributed by atoms with Crippen LogP contribution in [-0.2, 0) is 16.1 Å². The van der Waals surface area contributed by atoms with Crippen molar-refractivity contribution in [3.63, 3.8) is 0 Å². The Bertz CT molecular complexity index is 1050. The number of nitrogens with one attached hydrogen (secondary N) is 1. The summed E-state index contributed by atoms with van der Waals surface area (Å²) in [6, 6.07) is 11.6. The van der Waals surface area contributed by atoms with E-state index >= 15 is 0 Å². The molecule has 8 heteroatoms. The summed E-state index contributed by atoms with van der Waals surface area (Å²) in [5.41, 5.74) is 1.73. The molecular formula is C23H28N6O2. The maximum Gasteiger partial charge on any atom is 0.242 e. The number of rotatable bonds is 6. The Hall–Kier alpha value is -3.26. The Morgan fingerprint density at radius 3 is 2.74 bits per heavy atom. The number of anilines is 2. The normalized spacial score (nSPS) is 16.5. The molecule has 1 amide bonds. The molecule has 0 aliphatic carbocycles. The van der Waals surface area contributed by atoms with Gasteiger partial charge in [0.15, 0.2) is 0 Å². The lowest BCUT2D eigenvalue weighted by Crippen LogP contribution is -2.44. The van der Waals surface area contributed by atoms with Crippen LogP contribution in [0.1, 0.15) is 43.1 Å². The summed E-state index contributed by atoms with van der Waals surface area (Å²) in [7, 11) is 0. The van der Waals surface area contributed by atoms with Gasteiger partial charge >= 0.3 is 0 Å². The van der Waals surface area contributed by atoms with E-state index in [1.165, 1.54) is 0 Å². The van der Waals surface area contributed by atoms with Gasteiger partial charge in [0.25, 0.3) is 0 Å². The SMILES string of the molecule is Cc1cccc(Nc2cccc(C3CN(C(=O)Cn4ccnc4C(C)C)CCO3)n2)n1. The van der Waals surface area contributed by atoms with Crippen LogP contribution in [0.4, 0.5) is 11.6 Å². The van der Waals surface area contributed by atoms with Gasteiger partial charge in [0.2, 0.25) is 5.91 Å². The van der Waals surface area contributed by atoms with Crippen LogP contribution in [0, 0.1) is 6.92 Å². The lowest BCUT2D eigenvalue weighted by molar-refractivity contribution is -0.139. The standard InChI is InChI=1S/C23H28N6O2/c1-16(2)23-24-10-11-29(23)15-22(30)28-12-13-31-19(14-28)18-7-5-9-21(26-18)27-20-8-4-6-17(3)25-20/h4-11,16,19H,12-15H2,1-3H3,(H,25,26,27). The van der Waals surface area contributed by atoms with Crippen molar-refractivity contribution in [3.05, 3.63) is 66.0 Å². The minimum absolute atomic E-state index is 0.0615. The first-order chi connectivity index (χ1) is 15.0. The van der Waals surface area contributed by atoms with E-state index in [0.717, 1.165) is 23.0 Å². The molecule has 8 nitrogen and oxygen atoms in total. The van der Waals surface area contributed by atoms with Gasteiger partial charge in [-0.05, 0) is 31.2 Å². The third kappa shape index (κ3) is 5.08. The van der Waals surface area contributed by atoms with Gasteiger partial charge in [-0.2, -0.15) is 0 Å². The highest BCUT2D eigenvalue weighted by molar-refractivity contribution is 5.76. The van der Waals surface area contributed by atoms with Crippen molar-refractivity contribution in [2.24, 2.45) is 0 Å². The number of aromatic nitrogens is 4. The molecular weight excluding hydrogens is 392 g/mol. The number of ether oxygens (including phenoxy) is 1. The van der Waals surface area contributed by atoms with Gasteiger partial charge in [0.05, 0.1) is 18.8 Å². The Morgan fingerprint density at radius 2 is 1.97 bits per heavy atom. The molecule has 0 radical (unpaired) electrons. The number of imidazole rings is 1. The van der Waals surface area contributed by atoms with Gasteiger partial charge in [-0.25, -0.2) is 15.0 Å². The minimum atomic E-state index is -0.266. The van der Waals surface area contributed by atoms with E-state index in [1.54, 1.807) is 6.20 Å². The van der Waals surface area contributed by atoms with Crippen LogP contribution >= 0.6 is 0 Å². The van der Waals surface area contributed by atoms with Crippen LogP contribution in [0.2, 0.25) is 0 Å². The lowest BCUT2D eigenvalue weighted by atomic mass is 10.1. The summed E-state index contributed by atoms with van der Waals surface area (Å²) in [5.74, 6) is 2.69. The molecule has 4 rings (SSSR count). The number of carbonyl (C=O) groups is 1. The van der Waals surface area contributed by atoms with Crippen LogP contribution in [0.15, 0.2) is 48.8 Å². The Kier molecular flexibility index (Phi) is 6.27. The first kappa shape index (κ1) is 21.0. The zero-order chi connectivity index (χ0) is 21.8. The predicted molar refractivity (Wildman–Crippen MR) is 118 cm³/mol. The van der Waals surface area contributed by atoms with Crippen LogP contribution in [0.25, 0.3) is 0 Å². The zero-order valence-electron chi connectivity index (χ0n) is 18.2. The lowest BCUT2D eigenvalue weighted by Gasteiger charge is -2.33. The van der Waals surface area contributed by atoms with Gasteiger partial charge in [-0.15, -0.1) is 0 Å². The molecule has 1 aliphatic rings. The van der Waals surface area contributed by atoms with Crippen molar-refractivity contribution in [1.82, 2.24) is 24.4 Å². The molecule has 162 valence electrons. The van der Waals surface area contributed by atoms with Gasteiger partial charge < -0.3 is 19.5 Å². The van der Waals surface area contributed by atoms with E-state index in [4.69, 9.17) is 9.72 Å². The van der Waals surface area contributed by atoms with E-state index in [-0.39, 0.29) is 24.5 Å². The second kappa shape index (κ2) is 9.26. The second-order valence-electron chi connectivity index (χ2n) is 8.00. The van der Waals surface area contributed by atoms with E-state index in [2.05, 4.69) is 29.1 Å². The summed E-state index contributed by atoms with van der Waals surface area (Å²) in [6.45, 7) is 7.92. The summed E-state index contributed by atoms with van der Waals surface area (Å²) < 4.78 is 7.87. The summed E-state index contributed by atoms with van der Waals surface area (Å²) >= 11 is 0. The molecule has 0 aromatic carbocycles. The molecule has 1 atom stereocenters. The highest BCUT2D eigenvalue weighted by Crippen LogP contribution is 2.23. The monoisotopic (exact) mass is 420 g/mol. The molecule has 1 unspecified atom stereocenters. The second-order valence-corrected chi connectivity index (χ2v) is 8.00. The van der Waals surface area contributed by atoms with E-state index in [1.807, 2.05) is 59.0 Å². The van der Waals surface area contributed by atoms with E-state index in [9.17, 15) is 4.79 Å². The molecule has 3 aromatic rings.